The van der Waals surface area contributed by atoms with Crippen molar-refractivity contribution >= 4 is 33.2 Å². The van der Waals surface area contributed by atoms with Crippen LogP contribution in [0.4, 0.5) is 13.2 Å². The second kappa shape index (κ2) is 10.2. The molecule has 1 fully saturated rings. The Morgan fingerprint density at radius 3 is 2.71 bits per heavy atom. The van der Waals surface area contributed by atoms with Crippen LogP contribution in [0.5, 0.6) is 5.75 Å². The minimum Gasteiger partial charge on any atom is -0.489 e. The number of fused-ring (bicyclic) bond motifs is 1. The van der Waals surface area contributed by atoms with Crippen LogP contribution in [0.1, 0.15) is 29.7 Å². The molecule has 5 rings (SSSR count). The molecule has 0 unspecified atom stereocenters. The molecule has 3 aromatic heterocycles. The summed E-state index contributed by atoms with van der Waals surface area (Å²) in [6.45, 7) is 0.192. The normalized spacial score (nSPS) is 17.8. The van der Waals surface area contributed by atoms with Crippen LogP contribution in [0.15, 0.2) is 46.4 Å². The third-order valence-electron chi connectivity index (χ3n) is 6.37. The van der Waals surface area contributed by atoms with E-state index in [4.69, 9.17) is 22.1 Å². The second-order valence-corrected chi connectivity index (χ2v) is 10.9. The highest BCUT2D eigenvalue weighted by Crippen LogP contribution is 2.41. The molecule has 4 aromatic rings. The van der Waals surface area contributed by atoms with Gasteiger partial charge in [-0.3, -0.25) is 13.9 Å². The van der Waals surface area contributed by atoms with E-state index in [0.717, 1.165) is 41.7 Å². The van der Waals surface area contributed by atoms with Crippen LogP contribution in [-0.2, 0) is 13.1 Å². The van der Waals surface area contributed by atoms with E-state index in [2.05, 4.69) is 9.97 Å². The molecule has 2 N–H and O–H groups in total. The molecular weight excluding hydrogens is 543 g/mol. The molecule has 0 amide bonds. The average Bonchev–Trinajstić information content (AvgIpc) is 3.44. The Morgan fingerprint density at radius 1 is 1.21 bits per heavy atom. The number of thiophene rings is 1. The Labute approximate surface area is 223 Å². The third kappa shape index (κ3) is 5.47. The number of benzene rings is 1. The molecule has 3 heterocycles. The highest BCUT2D eigenvalue weighted by Gasteiger charge is 2.29. The number of rotatable bonds is 6. The van der Waals surface area contributed by atoms with Crippen molar-refractivity contribution in [1.29, 1.82) is 0 Å². The average molecular weight is 566 g/mol. The van der Waals surface area contributed by atoms with E-state index in [-0.39, 0.29) is 18.7 Å². The fourth-order valence-corrected chi connectivity index (χ4v) is 6.03. The number of hydrogen-bond donors (Lipinski definition) is 1. The van der Waals surface area contributed by atoms with Crippen molar-refractivity contribution < 1.29 is 17.9 Å². The Hall–Kier alpha value is -3.22. The van der Waals surface area contributed by atoms with E-state index in [1.54, 1.807) is 18.2 Å². The molecule has 38 heavy (non-hydrogen) atoms. The molecule has 200 valence electrons. The predicted molar refractivity (Wildman–Crippen MR) is 139 cm³/mol. The molecule has 0 aliphatic heterocycles. The molecule has 2 atom stereocenters. The van der Waals surface area contributed by atoms with Gasteiger partial charge in [-0.2, -0.15) is 13.2 Å². The van der Waals surface area contributed by atoms with Gasteiger partial charge in [-0.1, -0.05) is 11.6 Å². The lowest BCUT2D eigenvalue weighted by molar-refractivity contribution is -0.141. The van der Waals surface area contributed by atoms with Gasteiger partial charge in [0.2, 0.25) is 0 Å². The summed E-state index contributed by atoms with van der Waals surface area (Å²) >= 11 is 7.64. The van der Waals surface area contributed by atoms with Crippen LogP contribution < -0.4 is 21.7 Å². The van der Waals surface area contributed by atoms with E-state index in [1.165, 1.54) is 17.7 Å². The largest absolute Gasteiger partial charge is 0.489 e. The summed E-state index contributed by atoms with van der Waals surface area (Å²) in [4.78, 5) is 34.4. The number of nitrogens with zero attached hydrogens (tertiary/aromatic N) is 4. The van der Waals surface area contributed by atoms with Gasteiger partial charge in [-0.05, 0) is 49.9 Å². The highest BCUT2D eigenvalue weighted by molar-refractivity contribution is 7.19. The molecule has 0 spiro atoms. The van der Waals surface area contributed by atoms with E-state index < -0.39 is 24.0 Å². The number of ether oxygens (including phenoxy) is 1. The molecule has 13 heteroatoms. The maximum absolute atomic E-state index is 12.9. The van der Waals surface area contributed by atoms with Gasteiger partial charge in [0.25, 0.3) is 5.56 Å². The summed E-state index contributed by atoms with van der Waals surface area (Å²) < 4.78 is 46.9. The van der Waals surface area contributed by atoms with E-state index >= 15 is 0 Å². The van der Waals surface area contributed by atoms with Crippen molar-refractivity contribution in [3.8, 4) is 17.0 Å². The molecule has 1 aliphatic carbocycles. The Morgan fingerprint density at radius 2 is 2.00 bits per heavy atom. The molecule has 8 nitrogen and oxygen atoms in total. The summed E-state index contributed by atoms with van der Waals surface area (Å²) in [5.41, 5.74) is 6.93. The van der Waals surface area contributed by atoms with Crippen molar-refractivity contribution in [3.05, 3.63) is 73.1 Å². The van der Waals surface area contributed by atoms with Crippen LogP contribution in [0.3, 0.4) is 0 Å². The van der Waals surface area contributed by atoms with Gasteiger partial charge in [0, 0.05) is 33.8 Å². The quantitative estimate of drug-likeness (QED) is 0.369. The zero-order chi connectivity index (χ0) is 27.2. The van der Waals surface area contributed by atoms with Gasteiger partial charge in [0.1, 0.15) is 24.7 Å². The van der Waals surface area contributed by atoms with Crippen molar-refractivity contribution in [1.82, 2.24) is 19.1 Å². The first kappa shape index (κ1) is 26.4. The first-order chi connectivity index (χ1) is 18.0. The monoisotopic (exact) mass is 565 g/mol. The molecule has 1 aromatic carbocycles. The predicted octanol–water partition coefficient (Wildman–Crippen LogP) is 4.51. The number of aromatic nitrogens is 4. The standard InChI is InChI=1S/C25H23ClF3N5O3S/c1-13-6-14(26)7-18(22(13)37-16-3-2-15(30)8-16)21-23-19(31-12-32-21)9-17(38-23)10-34-20(35)4-5-33(24(34)36)11-25(27,28)29/h4-7,9,12,15-16H,2-3,8,10-11,30H2,1H3/t15-,16-/m0/s1. The van der Waals surface area contributed by atoms with Crippen LogP contribution in [-0.4, -0.2) is 37.4 Å². The highest BCUT2D eigenvalue weighted by atomic mass is 35.5. The van der Waals surface area contributed by atoms with Gasteiger partial charge >= 0.3 is 11.9 Å². The van der Waals surface area contributed by atoms with Crippen LogP contribution in [0, 0.1) is 6.92 Å². The molecule has 1 saturated carbocycles. The van der Waals surface area contributed by atoms with E-state index in [0.29, 0.717) is 41.7 Å². The summed E-state index contributed by atoms with van der Waals surface area (Å²) in [6, 6.07) is 6.29. The number of halogens is 4. The minimum atomic E-state index is -4.60. The smallest absolute Gasteiger partial charge is 0.406 e. The van der Waals surface area contributed by atoms with Gasteiger partial charge in [0.05, 0.1) is 22.5 Å². The SMILES string of the molecule is Cc1cc(Cl)cc(-c2ncnc3cc(Cn4c(=O)ccn(CC(F)(F)F)c4=O)sc23)c1O[C@H]1CC[C@H](N)C1. The Balaban J connectivity index is 1.55. The van der Waals surface area contributed by atoms with Gasteiger partial charge < -0.3 is 10.5 Å². The number of nitrogens with two attached hydrogens (primary N) is 1. The van der Waals surface area contributed by atoms with E-state index in [9.17, 15) is 22.8 Å². The maximum Gasteiger partial charge on any atom is 0.406 e. The molecule has 0 radical (unpaired) electrons. The lowest BCUT2D eigenvalue weighted by Crippen LogP contribution is -2.41. The first-order valence-electron chi connectivity index (χ1n) is 11.8. The maximum atomic E-state index is 12.9. The number of hydrogen-bond acceptors (Lipinski definition) is 7. The third-order valence-corrected chi connectivity index (χ3v) is 7.70. The molecular formula is C25H23ClF3N5O3S. The van der Waals surface area contributed by atoms with Crippen molar-refractivity contribution in [2.24, 2.45) is 5.73 Å². The van der Waals surface area contributed by atoms with Crippen molar-refractivity contribution in [2.75, 3.05) is 0 Å². The summed E-state index contributed by atoms with van der Waals surface area (Å²) in [5, 5.41) is 0.498. The Kier molecular flexibility index (Phi) is 7.05. The van der Waals surface area contributed by atoms with Crippen LogP contribution in [0.2, 0.25) is 5.02 Å². The minimum absolute atomic E-state index is 0.0383. The van der Waals surface area contributed by atoms with Gasteiger partial charge in [0.15, 0.2) is 0 Å². The lowest BCUT2D eigenvalue weighted by atomic mass is 10.1. The fraction of sp³-hybridized carbons (Fsp3) is 0.360. The summed E-state index contributed by atoms with van der Waals surface area (Å²) in [5.74, 6) is 0.637. The van der Waals surface area contributed by atoms with Crippen LogP contribution in [0.25, 0.3) is 21.5 Å². The van der Waals surface area contributed by atoms with Gasteiger partial charge in [-0.25, -0.2) is 14.8 Å². The van der Waals surface area contributed by atoms with Gasteiger partial charge in [-0.15, -0.1) is 11.3 Å². The first-order valence-corrected chi connectivity index (χ1v) is 13.0. The summed E-state index contributed by atoms with van der Waals surface area (Å²) in [6.07, 6.45) is 0.0521. The summed E-state index contributed by atoms with van der Waals surface area (Å²) in [7, 11) is 0. The number of alkyl halides is 3. The van der Waals surface area contributed by atoms with E-state index in [1.807, 2.05) is 6.92 Å². The molecule has 0 bridgehead atoms. The molecule has 0 saturated heterocycles. The van der Waals surface area contributed by atoms with Crippen molar-refractivity contribution in [3.63, 3.8) is 0 Å². The van der Waals surface area contributed by atoms with Crippen LogP contribution >= 0.6 is 22.9 Å². The lowest BCUT2D eigenvalue weighted by Gasteiger charge is -2.19. The van der Waals surface area contributed by atoms with Crippen molar-refractivity contribution in [2.45, 2.75) is 57.6 Å². The molecule has 1 aliphatic rings. The Bertz CT molecular complexity index is 1630. The topological polar surface area (TPSA) is 105 Å². The zero-order valence-electron chi connectivity index (χ0n) is 20.2. The zero-order valence-corrected chi connectivity index (χ0v) is 21.7. The second-order valence-electron chi connectivity index (χ2n) is 9.33. The number of aryl methyl sites for hydroxylation is 1. The fourth-order valence-electron chi connectivity index (χ4n) is 4.65.